The number of amides is 1. The van der Waals surface area contributed by atoms with Gasteiger partial charge in [0.05, 0.1) is 5.52 Å². The summed E-state index contributed by atoms with van der Waals surface area (Å²) in [6, 6.07) is 4.42. The third kappa shape index (κ3) is 2.07. The fourth-order valence-electron chi connectivity index (χ4n) is 1.99. The van der Waals surface area contributed by atoms with Gasteiger partial charge in [-0.3, -0.25) is 4.79 Å². The van der Waals surface area contributed by atoms with Gasteiger partial charge in [-0.15, -0.1) is 0 Å². The molecule has 1 aromatic heterocycles. The van der Waals surface area contributed by atoms with Crippen molar-refractivity contribution in [1.82, 2.24) is 4.57 Å². The lowest BCUT2D eigenvalue weighted by molar-refractivity contribution is 0.0992. The highest BCUT2D eigenvalue weighted by Crippen LogP contribution is 2.29. The molecule has 0 atom stereocenters. The predicted molar refractivity (Wildman–Crippen MR) is 68.4 cm³/mol. The number of hydrogen-bond donors (Lipinski definition) is 1. The average molecular weight is 299 g/mol. The van der Waals surface area contributed by atoms with Crippen molar-refractivity contribution in [3.05, 3.63) is 34.2 Å². The molecule has 1 aromatic carbocycles. The lowest BCUT2D eigenvalue weighted by Gasteiger charge is -2.08. The Bertz CT molecular complexity index is 592. The van der Waals surface area contributed by atoms with E-state index in [0.717, 1.165) is 11.9 Å². The van der Waals surface area contributed by atoms with E-state index in [9.17, 15) is 9.18 Å². The first-order chi connectivity index (χ1) is 8.04. The summed E-state index contributed by atoms with van der Waals surface area (Å²) in [7, 11) is 0. The van der Waals surface area contributed by atoms with Crippen LogP contribution in [0.5, 0.6) is 0 Å². The van der Waals surface area contributed by atoms with Gasteiger partial charge < -0.3 is 10.3 Å². The van der Waals surface area contributed by atoms with Gasteiger partial charge in [0.25, 0.3) is 5.91 Å². The minimum absolute atomic E-state index is 0.339. The fourth-order valence-corrected chi connectivity index (χ4v) is 2.65. The van der Waals surface area contributed by atoms with Crippen LogP contribution in [-0.2, 0) is 6.54 Å². The Morgan fingerprint density at radius 3 is 2.76 bits per heavy atom. The fraction of sp³-hybridized carbons (Fsp3) is 0.250. The standard InChI is InChI=1S/C12H12BrFN2O/c1-2-3-16-10(12(15)17)5-7-4-8(14)6-9(13)11(7)16/h4-6H,2-3H2,1H3,(H2,15,17). The largest absolute Gasteiger partial charge is 0.364 e. The van der Waals surface area contributed by atoms with Crippen LogP contribution in [-0.4, -0.2) is 10.5 Å². The number of fused-ring (bicyclic) bond motifs is 1. The first-order valence-corrected chi connectivity index (χ1v) is 6.12. The molecule has 0 aliphatic carbocycles. The molecule has 0 fully saturated rings. The van der Waals surface area contributed by atoms with Gasteiger partial charge in [0.1, 0.15) is 11.5 Å². The molecular formula is C12H12BrFN2O. The Hall–Kier alpha value is -1.36. The normalized spacial score (nSPS) is 11.0. The van der Waals surface area contributed by atoms with Crippen molar-refractivity contribution >= 4 is 32.7 Å². The van der Waals surface area contributed by atoms with Crippen LogP contribution in [0.2, 0.25) is 0 Å². The number of carbonyl (C=O) groups is 1. The van der Waals surface area contributed by atoms with Gasteiger partial charge in [-0.05, 0) is 40.5 Å². The van der Waals surface area contributed by atoms with E-state index < -0.39 is 5.91 Å². The number of nitrogens with two attached hydrogens (primary N) is 1. The molecule has 2 N–H and O–H groups in total. The van der Waals surface area contributed by atoms with Crippen molar-refractivity contribution in [2.75, 3.05) is 0 Å². The van der Waals surface area contributed by atoms with Crippen molar-refractivity contribution in [2.24, 2.45) is 5.73 Å². The first kappa shape index (κ1) is 12.1. The third-order valence-corrected chi connectivity index (χ3v) is 3.21. The summed E-state index contributed by atoms with van der Waals surface area (Å²) < 4.78 is 15.7. The average Bonchev–Trinajstić information content (AvgIpc) is 2.57. The van der Waals surface area contributed by atoms with E-state index in [1.807, 2.05) is 11.5 Å². The monoisotopic (exact) mass is 298 g/mol. The van der Waals surface area contributed by atoms with Crippen molar-refractivity contribution in [3.63, 3.8) is 0 Å². The van der Waals surface area contributed by atoms with Gasteiger partial charge in [0, 0.05) is 16.4 Å². The highest BCUT2D eigenvalue weighted by atomic mass is 79.9. The van der Waals surface area contributed by atoms with E-state index in [0.29, 0.717) is 22.1 Å². The molecule has 5 heteroatoms. The van der Waals surface area contributed by atoms with Gasteiger partial charge in [0.2, 0.25) is 0 Å². The summed E-state index contributed by atoms with van der Waals surface area (Å²) in [6.07, 6.45) is 0.869. The molecule has 1 amide bonds. The van der Waals surface area contributed by atoms with Crippen LogP contribution in [0.15, 0.2) is 22.7 Å². The number of aromatic nitrogens is 1. The minimum atomic E-state index is -0.498. The molecule has 0 aliphatic rings. The summed E-state index contributed by atoms with van der Waals surface area (Å²) in [4.78, 5) is 11.4. The summed E-state index contributed by atoms with van der Waals surface area (Å²) in [6.45, 7) is 2.68. The number of carbonyl (C=O) groups excluding carboxylic acids is 1. The molecule has 0 bridgehead atoms. The second-order valence-corrected chi connectivity index (χ2v) is 4.73. The Morgan fingerprint density at radius 1 is 1.47 bits per heavy atom. The quantitative estimate of drug-likeness (QED) is 0.930. The molecule has 2 aromatic rings. The van der Waals surface area contributed by atoms with Crippen molar-refractivity contribution in [2.45, 2.75) is 19.9 Å². The molecule has 2 rings (SSSR count). The zero-order valence-electron chi connectivity index (χ0n) is 9.34. The van der Waals surface area contributed by atoms with E-state index in [2.05, 4.69) is 15.9 Å². The van der Waals surface area contributed by atoms with Crippen LogP contribution in [0.25, 0.3) is 10.9 Å². The molecule has 0 radical (unpaired) electrons. The summed E-state index contributed by atoms with van der Waals surface area (Å²) in [5.74, 6) is -0.837. The summed E-state index contributed by atoms with van der Waals surface area (Å²) in [5.41, 5.74) is 6.55. The minimum Gasteiger partial charge on any atom is -0.364 e. The molecule has 90 valence electrons. The highest BCUT2D eigenvalue weighted by molar-refractivity contribution is 9.10. The van der Waals surface area contributed by atoms with Crippen LogP contribution in [0, 0.1) is 5.82 Å². The molecule has 0 aliphatic heterocycles. The highest BCUT2D eigenvalue weighted by Gasteiger charge is 2.15. The summed E-state index contributed by atoms with van der Waals surface area (Å²) >= 11 is 3.32. The zero-order chi connectivity index (χ0) is 12.6. The number of benzene rings is 1. The Balaban J connectivity index is 2.80. The third-order valence-electron chi connectivity index (χ3n) is 2.61. The Kier molecular flexibility index (Phi) is 3.19. The second kappa shape index (κ2) is 4.49. The number of primary amides is 1. The van der Waals surface area contributed by atoms with E-state index >= 15 is 0 Å². The number of hydrogen-bond acceptors (Lipinski definition) is 1. The second-order valence-electron chi connectivity index (χ2n) is 3.87. The van der Waals surface area contributed by atoms with Crippen molar-refractivity contribution in [3.8, 4) is 0 Å². The van der Waals surface area contributed by atoms with Gasteiger partial charge in [-0.2, -0.15) is 0 Å². The molecular weight excluding hydrogens is 287 g/mol. The van der Waals surface area contributed by atoms with Crippen LogP contribution < -0.4 is 5.73 Å². The Morgan fingerprint density at radius 2 is 2.18 bits per heavy atom. The van der Waals surface area contributed by atoms with Gasteiger partial charge in [-0.1, -0.05) is 6.92 Å². The van der Waals surface area contributed by atoms with E-state index in [4.69, 9.17) is 5.73 Å². The molecule has 0 spiro atoms. The van der Waals surface area contributed by atoms with Crippen molar-refractivity contribution in [1.29, 1.82) is 0 Å². The van der Waals surface area contributed by atoms with Gasteiger partial charge in [-0.25, -0.2) is 4.39 Å². The lowest BCUT2D eigenvalue weighted by Crippen LogP contribution is -2.16. The smallest absolute Gasteiger partial charge is 0.265 e. The summed E-state index contributed by atoms with van der Waals surface area (Å²) in [5, 5.41) is 0.680. The number of nitrogens with zero attached hydrogens (tertiary/aromatic N) is 1. The lowest BCUT2D eigenvalue weighted by atomic mass is 10.2. The van der Waals surface area contributed by atoms with Gasteiger partial charge in [0.15, 0.2) is 0 Å². The van der Waals surface area contributed by atoms with Crippen LogP contribution in [0.1, 0.15) is 23.8 Å². The SMILES string of the molecule is CCCn1c(C(N)=O)cc2cc(F)cc(Br)c21. The van der Waals surface area contributed by atoms with E-state index in [1.165, 1.54) is 12.1 Å². The topological polar surface area (TPSA) is 48.0 Å². The molecule has 17 heavy (non-hydrogen) atoms. The zero-order valence-corrected chi connectivity index (χ0v) is 10.9. The maximum Gasteiger partial charge on any atom is 0.265 e. The van der Waals surface area contributed by atoms with Crippen LogP contribution in [0.3, 0.4) is 0 Å². The van der Waals surface area contributed by atoms with E-state index in [1.54, 1.807) is 6.07 Å². The molecule has 3 nitrogen and oxygen atoms in total. The van der Waals surface area contributed by atoms with Crippen LogP contribution >= 0.6 is 15.9 Å². The molecule has 0 saturated carbocycles. The molecule has 0 unspecified atom stereocenters. The first-order valence-electron chi connectivity index (χ1n) is 5.32. The predicted octanol–water partition coefficient (Wildman–Crippen LogP) is 3.05. The number of aryl methyl sites for hydroxylation is 1. The van der Waals surface area contributed by atoms with E-state index in [-0.39, 0.29) is 5.82 Å². The maximum absolute atomic E-state index is 13.3. The Labute approximate surface area is 107 Å². The maximum atomic E-state index is 13.3. The molecule has 1 heterocycles. The van der Waals surface area contributed by atoms with Gasteiger partial charge >= 0.3 is 0 Å². The number of rotatable bonds is 3. The van der Waals surface area contributed by atoms with Crippen molar-refractivity contribution < 1.29 is 9.18 Å². The molecule has 0 saturated heterocycles. The number of halogens is 2. The van der Waals surface area contributed by atoms with Crippen LogP contribution in [0.4, 0.5) is 4.39 Å².